The van der Waals surface area contributed by atoms with Gasteiger partial charge in [-0.15, -0.1) is 0 Å². The maximum absolute atomic E-state index is 11.5. The first kappa shape index (κ1) is 11.4. The van der Waals surface area contributed by atoms with Crippen molar-refractivity contribution in [1.82, 2.24) is 10.2 Å². The summed E-state index contributed by atoms with van der Waals surface area (Å²) in [4.78, 5) is 13.4. The van der Waals surface area contributed by atoms with Crippen LogP contribution in [0.25, 0.3) is 0 Å². The van der Waals surface area contributed by atoms with Gasteiger partial charge in [-0.1, -0.05) is 0 Å². The van der Waals surface area contributed by atoms with Crippen LogP contribution in [0.15, 0.2) is 0 Å². The monoisotopic (exact) mass is 202 g/mol. The second kappa shape index (κ2) is 6.75. The summed E-state index contributed by atoms with van der Waals surface area (Å²) in [6.45, 7) is 3.72. The first-order valence-electron chi connectivity index (χ1n) is 4.92. The standard InChI is InChI=1S/C9H18N2O3/c1-10-8-14-5-2-9(12)11-3-6-13-7-4-11/h10H,2-8H2,1H3. The Balaban J connectivity index is 2.07. The third kappa shape index (κ3) is 4.04. The van der Waals surface area contributed by atoms with E-state index in [1.807, 2.05) is 11.9 Å². The summed E-state index contributed by atoms with van der Waals surface area (Å²) in [6.07, 6.45) is 0.460. The maximum atomic E-state index is 11.5. The van der Waals surface area contributed by atoms with Crippen LogP contribution in [0.4, 0.5) is 0 Å². The highest BCUT2D eigenvalue weighted by atomic mass is 16.5. The number of nitrogens with zero attached hydrogens (tertiary/aromatic N) is 1. The van der Waals surface area contributed by atoms with Gasteiger partial charge in [0.25, 0.3) is 0 Å². The molecule has 1 aliphatic heterocycles. The summed E-state index contributed by atoms with van der Waals surface area (Å²) >= 11 is 0. The van der Waals surface area contributed by atoms with Crippen LogP contribution in [0, 0.1) is 0 Å². The third-order valence-corrected chi connectivity index (χ3v) is 2.07. The van der Waals surface area contributed by atoms with Gasteiger partial charge in [0.05, 0.1) is 33.0 Å². The molecule has 0 aromatic heterocycles. The number of rotatable bonds is 5. The number of hydrogen-bond donors (Lipinski definition) is 1. The maximum Gasteiger partial charge on any atom is 0.225 e. The fourth-order valence-corrected chi connectivity index (χ4v) is 1.30. The lowest BCUT2D eigenvalue weighted by atomic mass is 10.3. The van der Waals surface area contributed by atoms with E-state index < -0.39 is 0 Å². The van der Waals surface area contributed by atoms with Gasteiger partial charge in [-0.05, 0) is 7.05 Å². The van der Waals surface area contributed by atoms with E-state index in [0.29, 0.717) is 46.1 Å². The van der Waals surface area contributed by atoms with E-state index in [4.69, 9.17) is 9.47 Å². The van der Waals surface area contributed by atoms with Crippen LogP contribution >= 0.6 is 0 Å². The number of carbonyl (C=O) groups excluding carboxylic acids is 1. The predicted octanol–water partition coefficient (Wildman–Crippen LogP) is -0.571. The van der Waals surface area contributed by atoms with E-state index in [0.717, 1.165) is 0 Å². The number of morpholine rings is 1. The van der Waals surface area contributed by atoms with Gasteiger partial charge in [0.1, 0.15) is 0 Å². The Labute approximate surface area is 84.4 Å². The molecule has 5 heteroatoms. The smallest absolute Gasteiger partial charge is 0.225 e. The topological polar surface area (TPSA) is 50.8 Å². The predicted molar refractivity (Wildman–Crippen MR) is 51.9 cm³/mol. The molecule has 1 rings (SSSR count). The van der Waals surface area contributed by atoms with Crippen LogP contribution in [0.5, 0.6) is 0 Å². The van der Waals surface area contributed by atoms with Crippen molar-refractivity contribution in [2.24, 2.45) is 0 Å². The van der Waals surface area contributed by atoms with Crippen LogP contribution in [0.2, 0.25) is 0 Å². The Morgan fingerprint density at radius 3 is 2.86 bits per heavy atom. The zero-order valence-corrected chi connectivity index (χ0v) is 8.62. The number of nitrogens with one attached hydrogen (secondary N) is 1. The van der Waals surface area contributed by atoms with Crippen molar-refractivity contribution in [1.29, 1.82) is 0 Å². The second-order valence-electron chi connectivity index (χ2n) is 3.15. The molecule has 0 saturated carbocycles. The minimum Gasteiger partial charge on any atom is -0.378 e. The summed E-state index contributed by atoms with van der Waals surface area (Å²) in [7, 11) is 1.81. The van der Waals surface area contributed by atoms with Gasteiger partial charge in [0, 0.05) is 13.1 Å². The second-order valence-corrected chi connectivity index (χ2v) is 3.15. The molecule has 5 nitrogen and oxygen atoms in total. The Morgan fingerprint density at radius 2 is 2.21 bits per heavy atom. The van der Waals surface area contributed by atoms with Crippen molar-refractivity contribution in [3.8, 4) is 0 Å². The lowest BCUT2D eigenvalue weighted by molar-refractivity contribution is -0.136. The molecule has 0 aliphatic carbocycles. The lowest BCUT2D eigenvalue weighted by Gasteiger charge is -2.26. The first-order chi connectivity index (χ1) is 6.84. The van der Waals surface area contributed by atoms with Crippen LogP contribution in [-0.4, -0.2) is 57.5 Å². The van der Waals surface area contributed by atoms with E-state index in [2.05, 4.69) is 5.32 Å². The molecule has 0 radical (unpaired) electrons. The van der Waals surface area contributed by atoms with Gasteiger partial charge >= 0.3 is 0 Å². The largest absolute Gasteiger partial charge is 0.378 e. The molecule has 1 aliphatic rings. The van der Waals surface area contributed by atoms with Crippen LogP contribution < -0.4 is 5.32 Å². The molecule has 0 bridgehead atoms. The molecule has 1 heterocycles. The lowest BCUT2D eigenvalue weighted by Crippen LogP contribution is -2.41. The molecule has 1 saturated heterocycles. The summed E-state index contributed by atoms with van der Waals surface area (Å²) in [5, 5.41) is 2.85. The number of carbonyl (C=O) groups is 1. The van der Waals surface area contributed by atoms with Crippen molar-refractivity contribution in [2.75, 3.05) is 46.7 Å². The molecule has 82 valence electrons. The Morgan fingerprint density at radius 1 is 1.50 bits per heavy atom. The van der Waals surface area contributed by atoms with Gasteiger partial charge in [-0.2, -0.15) is 0 Å². The van der Waals surface area contributed by atoms with Crippen molar-refractivity contribution in [3.63, 3.8) is 0 Å². The van der Waals surface area contributed by atoms with Crippen LogP contribution in [0.3, 0.4) is 0 Å². The van der Waals surface area contributed by atoms with E-state index in [-0.39, 0.29) is 5.91 Å². The molecule has 1 N–H and O–H groups in total. The summed E-state index contributed by atoms with van der Waals surface area (Å²) < 4.78 is 10.3. The van der Waals surface area contributed by atoms with Crippen LogP contribution in [-0.2, 0) is 14.3 Å². The summed E-state index contributed by atoms with van der Waals surface area (Å²) in [5.74, 6) is 0.157. The first-order valence-corrected chi connectivity index (χ1v) is 4.92. The minimum atomic E-state index is 0.157. The minimum absolute atomic E-state index is 0.157. The molecule has 0 spiro atoms. The van der Waals surface area contributed by atoms with Gasteiger partial charge < -0.3 is 14.4 Å². The van der Waals surface area contributed by atoms with Gasteiger partial charge in [-0.25, -0.2) is 0 Å². The molecular weight excluding hydrogens is 184 g/mol. The van der Waals surface area contributed by atoms with Crippen molar-refractivity contribution < 1.29 is 14.3 Å². The third-order valence-electron chi connectivity index (χ3n) is 2.07. The van der Waals surface area contributed by atoms with Gasteiger partial charge in [0.2, 0.25) is 5.91 Å². The van der Waals surface area contributed by atoms with Crippen molar-refractivity contribution in [3.05, 3.63) is 0 Å². The zero-order chi connectivity index (χ0) is 10.2. The number of hydrogen-bond acceptors (Lipinski definition) is 4. The Hall–Kier alpha value is -0.650. The van der Waals surface area contributed by atoms with E-state index >= 15 is 0 Å². The highest BCUT2D eigenvalue weighted by molar-refractivity contribution is 5.76. The SMILES string of the molecule is CNCOCCC(=O)N1CCOCC1. The number of amides is 1. The van der Waals surface area contributed by atoms with E-state index in [9.17, 15) is 4.79 Å². The Kier molecular flexibility index (Phi) is 5.51. The van der Waals surface area contributed by atoms with Gasteiger partial charge in [0.15, 0.2) is 0 Å². The fourth-order valence-electron chi connectivity index (χ4n) is 1.30. The highest BCUT2D eigenvalue weighted by Crippen LogP contribution is 1.99. The molecule has 1 amide bonds. The van der Waals surface area contributed by atoms with E-state index in [1.165, 1.54) is 0 Å². The van der Waals surface area contributed by atoms with Crippen molar-refractivity contribution >= 4 is 5.91 Å². The molecule has 1 fully saturated rings. The average Bonchev–Trinajstić information content (AvgIpc) is 2.25. The quantitative estimate of drug-likeness (QED) is 0.479. The number of ether oxygens (including phenoxy) is 2. The Bertz CT molecular complexity index is 169. The molecule has 0 aromatic carbocycles. The highest BCUT2D eigenvalue weighted by Gasteiger charge is 2.15. The molecule has 0 atom stereocenters. The fraction of sp³-hybridized carbons (Fsp3) is 0.889. The van der Waals surface area contributed by atoms with Crippen LogP contribution in [0.1, 0.15) is 6.42 Å². The molecule has 0 unspecified atom stereocenters. The molecule has 0 aromatic rings. The van der Waals surface area contributed by atoms with Gasteiger partial charge in [-0.3, -0.25) is 10.1 Å². The summed E-state index contributed by atoms with van der Waals surface area (Å²) in [5.41, 5.74) is 0. The average molecular weight is 202 g/mol. The molecular formula is C9H18N2O3. The molecule has 14 heavy (non-hydrogen) atoms. The van der Waals surface area contributed by atoms with Crippen molar-refractivity contribution in [2.45, 2.75) is 6.42 Å². The summed E-state index contributed by atoms with van der Waals surface area (Å²) in [6, 6.07) is 0. The zero-order valence-electron chi connectivity index (χ0n) is 8.62. The van der Waals surface area contributed by atoms with E-state index in [1.54, 1.807) is 0 Å². The normalized spacial score (nSPS) is 17.1.